The number of rotatable bonds is 5. The Balaban J connectivity index is 2.26. The average Bonchev–Trinajstić information content (AvgIpc) is 2.54. The van der Waals surface area contributed by atoms with E-state index in [-0.39, 0.29) is 35.5 Å². The fourth-order valence-electron chi connectivity index (χ4n) is 2.66. The Morgan fingerprint density at radius 2 is 1.92 bits per heavy atom. The zero-order valence-electron chi connectivity index (χ0n) is 13.6. The number of piperidine rings is 1. The number of carbonyl (C=O) groups excluding carboxylic acids is 2. The van der Waals surface area contributed by atoms with E-state index >= 15 is 0 Å². The van der Waals surface area contributed by atoms with Gasteiger partial charge in [-0.1, -0.05) is 0 Å². The van der Waals surface area contributed by atoms with Crippen LogP contribution in [0.3, 0.4) is 0 Å². The van der Waals surface area contributed by atoms with Gasteiger partial charge in [0, 0.05) is 25.9 Å². The molecular weight excluding hydrogens is 334 g/mol. The first-order valence-electron chi connectivity index (χ1n) is 7.50. The van der Waals surface area contributed by atoms with Gasteiger partial charge in [0.15, 0.2) is 0 Å². The molecule has 3 N–H and O–H groups in total. The van der Waals surface area contributed by atoms with Gasteiger partial charge < -0.3 is 15.8 Å². The number of nitrogens with two attached hydrogens (primary N) is 1. The van der Waals surface area contributed by atoms with Crippen molar-refractivity contribution in [1.82, 2.24) is 4.31 Å². The molecule has 0 saturated carbocycles. The molecule has 0 spiro atoms. The van der Waals surface area contributed by atoms with Crippen LogP contribution in [0.5, 0.6) is 5.75 Å². The zero-order valence-corrected chi connectivity index (χ0v) is 14.4. The summed E-state index contributed by atoms with van der Waals surface area (Å²) >= 11 is 0. The van der Waals surface area contributed by atoms with Gasteiger partial charge in [0.25, 0.3) is 0 Å². The molecule has 1 fully saturated rings. The maximum atomic E-state index is 12.8. The second-order valence-electron chi connectivity index (χ2n) is 5.62. The standard InChI is InChI=1S/C15H21N3O5S/c1-10(19)17-13-9-12(3-4-14(13)23-2)24(21,22)18-7-5-11(6-8-18)15(16)20/h3-4,9,11H,5-8H2,1-2H3,(H2,16,20)(H,17,19). The lowest BCUT2D eigenvalue weighted by Gasteiger charge is -2.29. The van der Waals surface area contributed by atoms with Crippen LogP contribution in [-0.2, 0) is 19.6 Å². The molecule has 9 heteroatoms. The van der Waals surface area contributed by atoms with Crippen molar-refractivity contribution in [3.8, 4) is 5.75 Å². The van der Waals surface area contributed by atoms with E-state index in [4.69, 9.17) is 10.5 Å². The van der Waals surface area contributed by atoms with E-state index < -0.39 is 15.9 Å². The molecule has 1 aliphatic rings. The van der Waals surface area contributed by atoms with Crippen molar-refractivity contribution >= 4 is 27.5 Å². The monoisotopic (exact) mass is 355 g/mol. The van der Waals surface area contributed by atoms with Gasteiger partial charge in [-0.2, -0.15) is 4.31 Å². The number of amides is 2. The molecule has 1 heterocycles. The first-order chi connectivity index (χ1) is 11.3. The molecule has 2 amide bonds. The SMILES string of the molecule is COc1ccc(S(=O)(=O)N2CCC(C(N)=O)CC2)cc1NC(C)=O. The number of methoxy groups -OCH3 is 1. The molecule has 1 aromatic carbocycles. The third kappa shape index (κ3) is 3.85. The lowest BCUT2D eigenvalue weighted by atomic mass is 9.98. The van der Waals surface area contributed by atoms with Crippen LogP contribution in [0.25, 0.3) is 0 Å². The summed E-state index contributed by atoms with van der Waals surface area (Å²) in [5.74, 6) is -0.645. The molecule has 0 unspecified atom stereocenters. The number of ether oxygens (including phenoxy) is 1. The van der Waals surface area contributed by atoms with Gasteiger partial charge in [-0.05, 0) is 31.0 Å². The van der Waals surface area contributed by atoms with E-state index in [2.05, 4.69) is 5.32 Å². The van der Waals surface area contributed by atoms with E-state index in [1.807, 2.05) is 0 Å². The molecular formula is C15H21N3O5S. The van der Waals surface area contributed by atoms with Crippen LogP contribution < -0.4 is 15.8 Å². The van der Waals surface area contributed by atoms with Crippen molar-refractivity contribution in [2.75, 3.05) is 25.5 Å². The quantitative estimate of drug-likeness (QED) is 0.799. The van der Waals surface area contributed by atoms with Gasteiger partial charge in [0.2, 0.25) is 21.8 Å². The van der Waals surface area contributed by atoms with E-state index in [0.29, 0.717) is 18.6 Å². The minimum atomic E-state index is -3.72. The third-order valence-electron chi connectivity index (χ3n) is 3.98. The number of primary amides is 1. The molecule has 8 nitrogen and oxygen atoms in total. The van der Waals surface area contributed by atoms with Gasteiger partial charge >= 0.3 is 0 Å². The summed E-state index contributed by atoms with van der Waals surface area (Å²) in [6, 6.07) is 4.30. The Bertz CT molecular complexity index is 739. The number of nitrogens with one attached hydrogen (secondary N) is 1. The molecule has 1 aromatic rings. The Labute approximate surface area is 141 Å². The topological polar surface area (TPSA) is 119 Å². The highest BCUT2D eigenvalue weighted by molar-refractivity contribution is 7.89. The first kappa shape index (κ1) is 18.2. The highest BCUT2D eigenvalue weighted by Gasteiger charge is 2.31. The van der Waals surface area contributed by atoms with Crippen LogP contribution in [0.1, 0.15) is 19.8 Å². The number of nitrogens with zero attached hydrogens (tertiary/aromatic N) is 1. The third-order valence-corrected chi connectivity index (χ3v) is 5.87. The Hall–Kier alpha value is -2.13. The second kappa shape index (κ2) is 7.18. The van der Waals surface area contributed by atoms with E-state index in [1.165, 1.54) is 36.5 Å². The summed E-state index contributed by atoms with van der Waals surface area (Å²) < 4.78 is 32.0. The summed E-state index contributed by atoms with van der Waals surface area (Å²) in [5, 5.41) is 2.55. The highest BCUT2D eigenvalue weighted by Crippen LogP contribution is 2.30. The minimum Gasteiger partial charge on any atom is -0.495 e. The lowest BCUT2D eigenvalue weighted by Crippen LogP contribution is -2.41. The molecule has 0 bridgehead atoms. The van der Waals surface area contributed by atoms with Crippen molar-refractivity contribution in [3.63, 3.8) is 0 Å². The van der Waals surface area contributed by atoms with Crippen LogP contribution in [0, 0.1) is 5.92 Å². The minimum absolute atomic E-state index is 0.0598. The molecule has 0 aromatic heterocycles. The molecule has 2 rings (SSSR count). The highest BCUT2D eigenvalue weighted by atomic mass is 32.2. The molecule has 132 valence electrons. The fourth-order valence-corrected chi connectivity index (χ4v) is 4.16. The molecule has 0 radical (unpaired) electrons. The van der Waals surface area contributed by atoms with Crippen LogP contribution in [0.15, 0.2) is 23.1 Å². The van der Waals surface area contributed by atoms with Crippen molar-refractivity contribution in [2.24, 2.45) is 11.7 Å². The lowest BCUT2D eigenvalue weighted by molar-refractivity contribution is -0.122. The number of carbonyl (C=O) groups is 2. The number of hydrogen-bond donors (Lipinski definition) is 2. The van der Waals surface area contributed by atoms with Gasteiger partial charge in [-0.25, -0.2) is 8.42 Å². The Morgan fingerprint density at radius 3 is 2.42 bits per heavy atom. The van der Waals surface area contributed by atoms with Gasteiger partial charge in [-0.15, -0.1) is 0 Å². The van der Waals surface area contributed by atoms with E-state index in [9.17, 15) is 18.0 Å². The van der Waals surface area contributed by atoms with Crippen LogP contribution >= 0.6 is 0 Å². The predicted molar refractivity (Wildman–Crippen MR) is 88.0 cm³/mol. The summed E-state index contributed by atoms with van der Waals surface area (Å²) in [4.78, 5) is 22.5. The average molecular weight is 355 g/mol. The summed E-state index contributed by atoms with van der Waals surface area (Å²) in [6.45, 7) is 1.80. The molecule has 0 atom stereocenters. The van der Waals surface area contributed by atoms with Crippen LogP contribution in [-0.4, -0.2) is 44.7 Å². The van der Waals surface area contributed by atoms with Crippen molar-refractivity contribution in [2.45, 2.75) is 24.7 Å². The number of benzene rings is 1. The largest absolute Gasteiger partial charge is 0.495 e. The number of sulfonamides is 1. The second-order valence-corrected chi connectivity index (χ2v) is 7.56. The smallest absolute Gasteiger partial charge is 0.243 e. The normalized spacial score (nSPS) is 16.6. The van der Waals surface area contributed by atoms with E-state index in [0.717, 1.165) is 0 Å². The van der Waals surface area contributed by atoms with Crippen LogP contribution in [0.2, 0.25) is 0 Å². The number of hydrogen-bond acceptors (Lipinski definition) is 5. The molecule has 1 saturated heterocycles. The van der Waals surface area contributed by atoms with E-state index in [1.54, 1.807) is 0 Å². The Morgan fingerprint density at radius 1 is 1.29 bits per heavy atom. The maximum Gasteiger partial charge on any atom is 0.243 e. The molecule has 24 heavy (non-hydrogen) atoms. The van der Waals surface area contributed by atoms with Gasteiger partial charge in [-0.3, -0.25) is 9.59 Å². The fraction of sp³-hybridized carbons (Fsp3) is 0.467. The number of anilines is 1. The zero-order chi connectivity index (χ0) is 17.9. The van der Waals surface area contributed by atoms with Gasteiger partial charge in [0.05, 0.1) is 17.7 Å². The van der Waals surface area contributed by atoms with Crippen molar-refractivity contribution in [3.05, 3.63) is 18.2 Å². The van der Waals surface area contributed by atoms with Gasteiger partial charge in [0.1, 0.15) is 5.75 Å². The predicted octanol–water partition coefficient (Wildman–Crippen LogP) is 0.540. The molecule has 0 aliphatic carbocycles. The molecule has 1 aliphatic heterocycles. The summed E-state index contributed by atoms with van der Waals surface area (Å²) in [5.41, 5.74) is 5.56. The van der Waals surface area contributed by atoms with Crippen molar-refractivity contribution < 1.29 is 22.7 Å². The summed E-state index contributed by atoms with van der Waals surface area (Å²) in [7, 11) is -2.29. The maximum absolute atomic E-state index is 12.8. The summed E-state index contributed by atoms with van der Waals surface area (Å²) in [6.07, 6.45) is 0.812. The van der Waals surface area contributed by atoms with Crippen molar-refractivity contribution in [1.29, 1.82) is 0 Å². The Kier molecular flexibility index (Phi) is 5.45. The first-order valence-corrected chi connectivity index (χ1v) is 8.95. The van der Waals surface area contributed by atoms with Crippen LogP contribution in [0.4, 0.5) is 5.69 Å².